The largest absolute Gasteiger partial charge is 0.458 e. The van der Waals surface area contributed by atoms with E-state index in [0.717, 1.165) is 5.06 Å². The molecule has 1 aromatic carbocycles. The van der Waals surface area contributed by atoms with Gasteiger partial charge in [0.15, 0.2) is 0 Å². The SMILES string of the molecule is C=CCOC(=O)c1cccc(C(=O)N(C)OC)c1. The zero-order valence-electron chi connectivity index (χ0n) is 10.4. The lowest BCUT2D eigenvalue weighted by atomic mass is 10.1. The van der Waals surface area contributed by atoms with Crippen LogP contribution in [0.15, 0.2) is 36.9 Å². The first-order valence-electron chi connectivity index (χ1n) is 5.30. The minimum atomic E-state index is -0.496. The fourth-order valence-electron chi connectivity index (χ4n) is 1.26. The lowest BCUT2D eigenvalue weighted by Gasteiger charge is -2.13. The van der Waals surface area contributed by atoms with Crippen LogP contribution < -0.4 is 0 Å². The first-order valence-corrected chi connectivity index (χ1v) is 5.30. The van der Waals surface area contributed by atoms with Crippen molar-refractivity contribution >= 4 is 11.9 Å². The number of nitrogens with zero attached hydrogens (tertiary/aromatic N) is 1. The second kappa shape index (κ2) is 6.56. The van der Waals surface area contributed by atoms with Crippen molar-refractivity contribution in [2.75, 3.05) is 20.8 Å². The molecule has 5 nitrogen and oxygen atoms in total. The standard InChI is InChI=1S/C13H15NO4/c1-4-8-18-13(16)11-7-5-6-10(9-11)12(15)14(2)17-3/h4-7,9H,1,8H2,2-3H3. The van der Waals surface area contributed by atoms with E-state index in [0.29, 0.717) is 11.1 Å². The van der Waals surface area contributed by atoms with Gasteiger partial charge in [-0.25, -0.2) is 9.86 Å². The van der Waals surface area contributed by atoms with E-state index < -0.39 is 5.97 Å². The Morgan fingerprint density at radius 2 is 2.06 bits per heavy atom. The van der Waals surface area contributed by atoms with Crippen LogP contribution in [0.5, 0.6) is 0 Å². The third kappa shape index (κ3) is 3.43. The Hall–Kier alpha value is -2.14. The Bertz CT molecular complexity index is 456. The molecule has 0 spiro atoms. The summed E-state index contributed by atoms with van der Waals surface area (Å²) in [7, 11) is 2.88. The molecule has 0 aliphatic heterocycles. The van der Waals surface area contributed by atoms with E-state index in [9.17, 15) is 9.59 Å². The van der Waals surface area contributed by atoms with Crippen LogP contribution in [0.25, 0.3) is 0 Å². The van der Waals surface area contributed by atoms with E-state index in [1.54, 1.807) is 18.2 Å². The molecule has 0 aliphatic carbocycles. The third-order valence-corrected chi connectivity index (χ3v) is 2.24. The van der Waals surface area contributed by atoms with Crippen LogP contribution in [-0.4, -0.2) is 37.7 Å². The van der Waals surface area contributed by atoms with Gasteiger partial charge in [0.25, 0.3) is 5.91 Å². The lowest BCUT2D eigenvalue weighted by Crippen LogP contribution is -2.25. The molecule has 1 rings (SSSR count). The maximum atomic E-state index is 11.8. The summed E-state index contributed by atoms with van der Waals surface area (Å²) in [4.78, 5) is 28.2. The fourth-order valence-corrected chi connectivity index (χ4v) is 1.26. The van der Waals surface area contributed by atoms with Crippen molar-refractivity contribution in [1.82, 2.24) is 5.06 Å². The van der Waals surface area contributed by atoms with Crippen LogP contribution in [-0.2, 0) is 9.57 Å². The van der Waals surface area contributed by atoms with Crippen LogP contribution in [0.4, 0.5) is 0 Å². The van der Waals surface area contributed by atoms with Gasteiger partial charge in [0.1, 0.15) is 6.61 Å². The molecule has 1 amide bonds. The monoisotopic (exact) mass is 249 g/mol. The molecule has 18 heavy (non-hydrogen) atoms. The normalized spacial score (nSPS) is 9.67. The Balaban J connectivity index is 2.88. The maximum absolute atomic E-state index is 11.8. The van der Waals surface area contributed by atoms with Crippen LogP contribution in [0.2, 0.25) is 0 Å². The van der Waals surface area contributed by atoms with Gasteiger partial charge < -0.3 is 4.74 Å². The number of esters is 1. The molecule has 0 saturated heterocycles. The quantitative estimate of drug-likeness (QED) is 0.452. The summed E-state index contributed by atoms with van der Waals surface area (Å²) in [6.07, 6.45) is 1.48. The summed E-state index contributed by atoms with van der Waals surface area (Å²) in [5.41, 5.74) is 0.666. The summed E-state index contributed by atoms with van der Waals surface area (Å²) in [6, 6.07) is 6.25. The zero-order valence-corrected chi connectivity index (χ0v) is 10.4. The Labute approximate surface area is 106 Å². The molecule has 0 aliphatic rings. The van der Waals surface area contributed by atoms with E-state index in [-0.39, 0.29) is 12.5 Å². The predicted molar refractivity (Wildman–Crippen MR) is 66.0 cm³/mol. The van der Waals surface area contributed by atoms with Crippen LogP contribution >= 0.6 is 0 Å². The summed E-state index contributed by atoms with van der Waals surface area (Å²) in [5, 5.41) is 1.08. The van der Waals surface area contributed by atoms with Crippen molar-refractivity contribution < 1.29 is 19.2 Å². The van der Waals surface area contributed by atoms with E-state index >= 15 is 0 Å². The van der Waals surface area contributed by atoms with Gasteiger partial charge in [-0.05, 0) is 18.2 Å². The number of benzene rings is 1. The number of rotatable bonds is 5. The number of hydroxylamine groups is 2. The fraction of sp³-hybridized carbons (Fsp3) is 0.231. The first-order chi connectivity index (χ1) is 8.60. The van der Waals surface area contributed by atoms with Gasteiger partial charge in [-0.1, -0.05) is 18.7 Å². The van der Waals surface area contributed by atoms with E-state index in [4.69, 9.17) is 9.57 Å². The van der Waals surface area contributed by atoms with Gasteiger partial charge in [-0.15, -0.1) is 0 Å². The molecule has 1 aromatic rings. The van der Waals surface area contributed by atoms with Crippen LogP contribution in [0.1, 0.15) is 20.7 Å². The number of hydrogen-bond donors (Lipinski definition) is 0. The van der Waals surface area contributed by atoms with E-state index in [1.165, 1.54) is 26.3 Å². The molecule has 0 unspecified atom stereocenters. The number of carbonyl (C=O) groups is 2. The highest BCUT2D eigenvalue weighted by molar-refractivity contribution is 5.97. The Kier molecular flexibility index (Phi) is 5.07. The van der Waals surface area contributed by atoms with E-state index in [1.807, 2.05) is 0 Å². The highest BCUT2D eigenvalue weighted by Gasteiger charge is 2.14. The van der Waals surface area contributed by atoms with Crippen LogP contribution in [0.3, 0.4) is 0 Å². The van der Waals surface area contributed by atoms with Gasteiger partial charge in [0.05, 0.1) is 12.7 Å². The molecule has 5 heteroatoms. The molecule has 0 bridgehead atoms. The highest BCUT2D eigenvalue weighted by Crippen LogP contribution is 2.09. The number of amides is 1. The van der Waals surface area contributed by atoms with Crippen molar-refractivity contribution in [3.8, 4) is 0 Å². The average Bonchev–Trinajstić information content (AvgIpc) is 2.43. The van der Waals surface area contributed by atoms with Gasteiger partial charge in [-0.2, -0.15) is 0 Å². The van der Waals surface area contributed by atoms with Gasteiger partial charge in [0, 0.05) is 12.6 Å². The second-order valence-corrected chi connectivity index (χ2v) is 3.45. The highest BCUT2D eigenvalue weighted by atomic mass is 16.7. The van der Waals surface area contributed by atoms with Crippen molar-refractivity contribution in [2.45, 2.75) is 0 Å². The molecule has 0 radical (unpaired) electrons. The van der Waals surface area contributed by atoms with Crippen molar-refractivity contribution in [1.29, 1.82) is 0 Å². The minimum Gasteiger partial charge on any atom is -0.458 e. The molecule has 0 aromatic heterocycles. The number of hydrogen-bond acceptors (Lipinski definition) is 4. The minimum absolute atomic E-state index is 0.134. The summed E-state index contributed by atoms with van der Waals surface area (Å²) in [5.74, 6) is -0.833. The number of ether oxygens (including phenoxy) is 1. The molecule has 0 saturated carbocycles. The molecule has 0 fully saturated rings. The second-order valence-electron chi connectivity index (χ2n) is 3.45. The van der Waals surface area contributed by atoms with Crippen molar-refractivity contribution in [3.05, 3.63) is 48.0 Å². The topological polar surface area (TPSA) is 55.8 Å². The Morgan fingerprint density at radius 3 is 2.67 bits per heavy atom. The molecule has 96 valence electrons. The smallest absolute Gasteiger partial charge is 0.338 e. The van der Waals surface area contributed by atoms with E-state index in [2.05, 4.69) is 6.58 Å². The molecular weight excluding hydrogens is 234 g/mol. The molecule has 0 heterocycles. The van der Waals surface area contributed by atoms with Gasteiger partial charge in [-0.3, -0.25) is 9.63 Å². The maximum Gasteiger partial charge on any atom is 0.338 e. The first kappa shape index (κ1) is 13.9. The molecule has 0 atom stereocenters. The summed E-state index contributed by atoms with van der Waals surface area (Å²) < 4.78 is 4.89. The van der Waals surface area contributed by atoms with Gasteiger partial charge >= 0.3 is 5.97 Å². The molecular formula is C13H15NO4. The third-order valence-electron chi connectivity index (χ3n) is 2.24. The lowest BCUT2D eigenvalue weighted by molar-refractivity contribution is -0.0757. The number of carbonyl (C=O) groups excluding carboxylic acids is 2. The van der Waals surface area contributed by atoms with Crippen molar-refractivity contribution in [3.63, 3.8) is 0 Å². The summed E-state index contributed by atoms with van der Waals surface area (Å²) >= 11 is 0. The van der Waals surface area contributed by atoms with Gasteiger partial charge in [0.2, 0.25) is 0 Å². The zero-order chi connectivity index (χ0) is 13.5. The Morgan fingerprint density at radius 1 is 1.39 bits per heavy atom. The average molecular weight is 249 g/mol. The van der Waals surface area contributed by atoms with Crippen molar-refractivity contribution in [2.24, 2.45) is 0 Å². The van der Waals surface area contributed by atoms with Crippen LogP contribution in [0, 0.1) is 0 Å². The molecule has 0 N–H and O–H groups in total. The summed E-state index contributed by atoms with van der Waals surface area (Å²) in [6.45, 7) is 3.59. The predicted octanol–water partition coefficient (Wildman–Crippen LogP) is 1.66.